The Labute approximate surface area is 106 Å². The molecule has 0 saturated heterocycles. The van der Waals surface area contributed by atoms with E-state index in [1.165, 1.54) is 0 Å². The number of hydrogen-bond donors (Lipinski definition) is 2. The second kappa shape index (κ2) is 6.14. The minimum atomic E-state index is -4.60. The molecule has 0 unspecified atom stereocenters. The van der Waals surface area contributed by atoms with Crippen LogP contribution in [0.2, 0.25) is 0 Å². The van der Waals surface area contributed by atoms with Crippen LogP contribution in [0.1, 0.15) is 0 Å². The summed E-state index contributed by atoms with van der Waals surface area (Å²) in [4.78, 5) is 0. The molecule has 0 radical (unpaired) electrons. The van der Waals surface area contributed by atoms with E-state index in [2.05, 4.69) is 9.50 Å². The van der Waals surface area contributed by atoms with E-state index in [1.54, 1.807) is 30.3 Å². The number of para-hydroxylation sites is 1. The summed E-state index contributed by atoms with van der Waals surface area (Å²) in [5, 5.41) is 2.68. The lowest BCUT2D eigenvalue weighted by Crippen LogP contribution is -2.21. The molecular weight excluding hydrogens is 282 g/mol. The molecule has 1 aromatic rings. The first-order valence-corrected chi connectivity index (χ1v) is 8.08. The van der Waals surface area contributed by atoms with Gasteiger partial charge < -0.3 is 5.32 Å². The average Bonchev–Trinajstić information content (AvgIpc) is 2.26. The van der Waals surface area contributed by atoms with E-state index < -0.39 is 32.6 Å². The van der Waals surface area contributed by atoms with Crippen molar-refractivity contribution in [2.45, 2.75) is 0 Å². The zero-order valence-corrected chi connectivity index (χ0v) is 10.9. The second-order valence-corrected chi connectivity index (χ2v) is 6.66. The fourth-order valence-electron chi connectivity index (χ4n) is 1.09. The van der Waals surface area contributed by atoms with Crippen molar-refractivity contribution < 1.29 is 25.6 Å². The molecule has 0 spiro atoms. The van der Waals surface area contributed by atoms with Crippen molar-refractivity contribution in [1.82, 2.24) is 0 Å². The monoisotopic (exact) mass is 295 g/mol. The van der Waals surface area contributed by atoms with Gasteiger partial charge in [-0.25, -0.2) is 12.6 Å². The van der Waals surface area contributed by atoms with Crippen molar-refractivity contribution >= 4 is 25.9 Å². The van der Waals surface area contributed by atoms with Gasteiger partial charge in [-0.3, -0.25) is 4.55 Å². The third kappa shape index (κ3) is 6.55. The minimum absolute atomic E-state index is 0.341. The molecule has 0 bridgehead atoms. The van der Waals surface area contributed by atoms with Crippen LogP contribution in [-0.4, -0.2) is 39.6 Å². The number of sulfone groups is 1. The molecule has 0 amide bonds. The van der Waals surface area contributed by atoms with Gasteiger partial charge in [0, 0.05) is 5.69 Å². The molecule has 9 heteroatoms. The molecule has 0 aliphatic heterocycles. The zero-order chi connectivity index (χ0) is 13.6. The molecule has 0 aliphatic carbocycles. The molecule has 7 nitrogen and oxygen atoms in total. The lowest BCUT2D eigenvalue weighted by Gasteiger charge is -2.07. The van der Waals surface area contributed by atoms with Gasteiger partial charge in [-0.15, -0.1) is 0 Å². The molecule has 0 heterocycles. The van der Waals surface area contributed by atoms with Gasteiger partial charge in [-0.05, 0) is 12.1 Å². The van der Waals surface area contributed by atoms with E-state index in [9.17, 15) is 16.8 Å². The first-order valence-electron chi connectivity index (χ1n) is 4.90. The largest absolute Gasteiger partial charge is 0.397 e. The summed E-state index contributed by atoms with van der Waals surface area (Å²) < 4.78 is 55.6. The topological polar surface area (TPSA) is 110 Å². The predicted octanol–water partition coefficient (Wildman–Crippen LogP) is 0.290. The minimum Gasteiger partial charge on any atom is -0.372 e. The highest BCUT2D eigenvalue weighted by Crippen LogP contribution is 2.05. The Kier molecular flexibility index (Phi) is 5.08. The van der Waals surface area contributed by atoms with E-state index in [4.69, 9.17) is 4.55 Å². The molecule has 0 aliphatic rings. The fraction of sp³-hybridized carbons (Fsp3) is 0.333. The van der Waals surface area contributed by atoms with Crippen LogP contribution in [0.5, 0.6) is 0 Å². The SMILES string of the molecule is O=S(=O)(CCOS(=O)(=O)O)CNc1ccccc1. The molecule has 0 atom stereocenters. The van der Waals surface area contributed by atoms with Gasteiger partial charge in [-0.1, -0.05) is 18.2 Å². The molecule has 1 aromatic carbocycles. The summed E-state index contributed by atoms with van der Waals surface area (Å²) in [6.07, 6.45) is 0. The number of benzene rings is 1. The fourth-order valence-corrected chi connectivity index (χ4v) is 2.36. The Morgan fingerprint density at radius 2 is 1.72 bits per heavy atom. The first kappa shape index (κ1) is 14.9. The summed E-state index contributed by atoms with van der Waals surface area (Å²) in [5.74, 6) is -0.849. The molecule has 2 N–H and O–H groups in total. The van der Waals surface area contributed by atoms with Gasteiger partial charge in [0.25, 0.3) is 0 Å². The lowest BCUT2D eigenvalue weighted by molar-refractivity contribution is 0.284. The average molecular weight is 295 g/mol. The van der Waals surface area contributed by atoms with Crippen LogP contribution in [0.15, 0.2) is 30.3 Å². The Balaban J connectivity index is 2.41. The Morgan fingerprint density at radius 3 is 2.28 bits per heavy atom. The third-order valence-corrected chi connectivity index (χ3v) is 3.73. The van der Waals surface area contributed by atoms with E-state index in [0.717, 1.165) is 0 Å². The quantitative estimate of drug-likeness (QED) is 0.696. The standard InChI is InChI=1S/C9H13NO6S2/c11-17(12,7-6-16-18(13,14)15)8-10-9-4-2-1-3-5-9/h1-5,10H,6-8H2,(H,13,14,15). The molecular formula is C9H13NO6S2. The van der Waals surface area contributed by atoms with Crippen LogP contribution in [0, 0.1) is 0 Å². The highest BCUT2D eigenvalue weighted by atomic mass is 32.3. The van der Waals surface area contributed by atoms with Gasteiger partial charge in [0.1, 0.15) is 5.88 Å². The molecule has 102 valence electrons. The van der Waals surface area contributed by atoms with Crippen molar-refractivity contribution in [3.63, 3.8) is 0 Å². The van der Waals surface area contributed by atoms with Gasteiger partial charge >= 0.3 is 10.4 Å². The molecule has 1 rings (SSSR count). The van der Waals surface area contributed by atoms with Crippen molar-refractivity contribution in [2.75, 3.05) is 23.6 Å². The van der Waals surface area contributed by atoms with Crippen LogP contribution >= 0.6 is 0 Å². The molecule has 0 fully saturated rings. The van der Waals surface area contributed by atoms with Crippen LogP contribution in [0.4, 0.5) is 5.69 Å². The first-order chi connectivity index (χ1) is 8.29. The number of hydrogen-bond acceptors (Lipinski definition) is 6. The van der Waals surface area contributed by atoms with E-state index in [1.807, 2.05) is 0 Å². The van der Waals surface area contributed by atoms with E-state index in [-0.39, 0.29) is 5.88 Å². The number of anilines is 1. The van der Waals surface area contributed by atoms with Gasteiger partial charge in [0.15, 0.2) is 9.84 Å². The Bertz CT molecular complexity index is 566. The summed E-state index contributed by atoms with van der Waals surface area (Å²) in [5.41, 5.74) is 0.636. The lowest BCUT2D eigenvalue weighted by atomic mass is 10.3. The number of nitrogens with one attached hydrogen (secondary N) is 1. The van der Waals surface area contributed by atoms with Crippen molar-refractivity contribution in [3.05, 3.63) is 30.3 Å². The summed E-state index contributed by atoms with van der Waals surface area (Å²) in [6.45, 7) is -0.613. The maximum Gasteiger partial charge on any atom is 0.397 e. The smallest absolute Gasteiger partial charge is 0.372 e. The van der Waals surface area contributed by atoms with Crippen LogP contribution in [0.25, 0.3) is 0 Å². The molecule has 0 saturated carbocycles. The van der Waals surface area contributed by atoms with Gasteiger partial charge in [0.05, 0.1) is 12.4 Å². The maximum atomic E-state index is 11.5. The van der Waals surface area contributed by atoms with E-state index >= 15 is 0 Å². The normalized spacial score (nSPS) is 12.3. The summed E-state index contributed by atoms with van der Waals surface area (Å²) in [7, 11) is -8.11. The summed E-state index contributed by atoms with van der Waals surface area (Å²) in [6, 6.07) is 8.68. The highest BCUT2D eigenvalue weighted by Gasteiger charge is 2.13. The maximum absolute atomic E-state index is 11.5. The number of rotatable bonds is 7. The second-order valence-electron chi connectivity index (χ2n) is 3.38. The van der Waals surface area contributed by atoms with Gasteiger partial charge in [-0.2, -0.15) is 8.42 Å². The van der Waals surface area contributed by atoms with Crippen molar-refractivity contribution in [2.24, 2.45) is 0 Å². The Morgan fingerprint density at radius 1 is 1.11 bits per heavy atom. The predicted molar refractivity (Wildman–Crippen MR) is 66.2 cm³/mol. The molecule has 0 aromatic heterocycles. The van der Waals surface area contributed by atoms with Crippen molar-refractivity contribution in [1.29, 1.82) is 0 Å². The van der Waals surface area contributed by atoms with Gasteiger partial charge in [0.2, 0.25) is 0 Å². The van der Waals surface area contributed by atoms with Crippen LogP contribution in [0.3, 0.4) is 0 Å². The van der Waals surface area contributed by atoms with Crippen LogP contribution in [-0.2, 0) is 24.4 Å². The summed E-state index contributed by atoms with van der Waals surface area (Å²) >= 11 is 0. The van der Waals surface area contributed by atoms with E-state index in [0.29, 0.717) is 5.69 Å². The van der Waals surface area contributed by atoms with Crippen LogP contribution < -0.4 is 5.32 Å². The third-order valence-electron chi connectivity index (χ3n) is 1.90. The van der Waals surface area contributed by atoms with Crippen molar-refractivity contribution in [3.8, 4) is 0 Å². The highest BCUT2D eigenvalue weighted by molar-refractivity contribution is 7.91. The molecule has 18 heavy (non-hydrogen) atoms. The zero-order valence-electron chi connectivity index (χ0n) is 9.31. The Hall–Kier alpha value is -1.16.